The molecule has 1 aromatic carbocycles. The number of anilines is 2. The van der Waals surface area contributed by atoms with Gasteiger partial charge in [0.1, 0.15) is 5.82 Å². The maximum absolute atomic E-state index is 14.0. The maximum Gasteiger partial charge on any atom is 0.253 e. The lowest BCUT2D eigenvalue weighted by atomic mass is 10.2. The van der Waals surface area contributed by atoms with Crippen molar-refractivity contribution in [1.82, 2.24) is 15.3 Å². The predicted molar refractivity (Wildman–Crippen MR) is 102 cm³/mol. The van der Waals surface area contributed by atoms with Crippen molar-refractivity contribution in [2.45, 2.75) is 6.54 Å². The van der Waals surface area contributed by atoms with Crippen molar-refractivity contribution in [3.63, 3.8) is 0 Å². The third kappa shape index (κ3) is 4.50. The number of nitrogens with one attached hydrogen (secondary N) is 2. The number of hydrogen-bond acceptors (Lipinski definition) is 4. The second-order valence-electron chi connectivity index (χ2n) is 5.17. The number of amides is 1. The van der Waals surface area contributed by atoms with E-state index in [4.69, 9.17) is 0 Å². The summed E-state index contributed by atoms with van der Waals surface area (Å²) in [6, 6.07) is 11.9. The summed E-state index contributed by atoms with van der Waals surface area (Å²) < 4.78 is 14.8. The van der Waals surface area contributed by atoms with E-state index in [2.05, 4.69) is 20.6 Å². The predicted octanol–water partition coefficient (Wildman–Crippen LogP) is 3.89. The van der Waals surface area contributed by atoms with Gasteiger partial charge in [0.15, 0.2) is 0 Å². The highest BCUT2D eigenvalue weighted by Gasteiger charge is 2.13. The number of nitrogens with zero attached hydrogens (tertiary/aromatic N) is 2. The third-order valence-electron chi connectivity index (χ3n) is 3.42. The van der Waals surface area contributed by atoms with E-state index >= 15 is 0 Å². The van der Waals surface area contributed by atoms with E-state index in [1.165, 1.54) is 18.5 Å². The molecular formula is C18H14FIN4O. The molecule has 2 aromatic heterocycles. The summed E-state index contributed by atoms with van der Waals surface area (Å²) in [4.78, 5) is 20.6. The molecule has 0 aliphatic carbocycles. The Kier molecular flexibility index (Phi) is 5.54. The number of pyridine rings is 2. The van der Waals surface area contributed by atoms with Crippen molar-refractivity contribution in [2.75, 3.05) is 5.32 Å². The summed E-state index contributed by atoms with van der Waals surface area (Å²) in [5.41, 5.74) is 1.85. The van der Waals surface area contributed by atoms with Gasteiger partial charge in [0, 0.05) is 16.0 Å². The normalized spacial score (nSPS) is 10.3. The van der Waals surface area contributed by atoms with E-state index in [1.807, 2.05) is 40.8 Å². The van der Waals surface area contributed by atoms with E-state index in [0.29, 0.717) is 17.8 Å². The van der Waals surface area contributed by atoms with Crippen LogP contribution in [0.4, 0.5) is 15.8 Å². The molecule has 0 aliphatic heterocycles. The lowest BCUT2D eigenvalue weighted by Gasteiger charge is -2.12. The van der Waals surface area contributed by atoms with Gasteiger partial charge in [-0.3, -0.25) is 14.8 Å². The number of benzene rings is 1. The highest BCUT2D eigenvalue weighted by Crippen LogP contribution is 2.23. The Morgan fingerprint density at radius 2 is 2.00 bits per heavy atom. The van der Waals surface area contributed by atoms with Gasteiger partial charge in [-0.15, -0.1) is 0 Å². The molecule has 1 amide bonds. The summed E-state index contributed by atoms with van der Waals surface area (Å²) in [6.07, 6.45) is 4.68. The zero-order valence-electron chi connectivity index (χ0n) is 13.0. The molecule has 25 heavy (non-hydrogen) atoms. The quantitative estimate of drug-likeness (QED) is 0.582. The number of halogens is 2. The molecule has 2 heterocycles. The van der Waals surface area contributed by atoms with Crippen molar-refractivity contribution in [1.29, 1.82) is 0 Å². The molecule has 0 atom stereocenters. The highest BCUT2D eigenvalue weighted by molar-refractivity contribution is 14.1. The van der Waals surface area contributed by atoms with Crippen LogP contribution in [0.2, 0.25) is 0 Å². The van der Waals surface area contributed by atoms with E-state index in [9.17, 15) is 9.18 Å². The minimum atomic E-state index is -0.393. The molecule has 3 aromatic rings. The van der Waals surface area contributed by atoms with Crippen LogP contribution in [0.5, 0.6) is 0 Å². The molecule has 126 valence electrons. The third-order valence-corrected chi connectivity index (χ3v) is 4.09. The Hall–Kier alpha value is -2.55. The molecule has 5 nitrogen and oxygen atoms in total. The van der Waals surface area contributed by atoms with Crippen molar-refractivity contribution in [2.24, 2.45) is 0 Å². The Morgan fingerprint density at radius 3 is 2.76 bits per heavy atom. The molecular weight excluding hydrogens is 434 g/mol. The lowest BCUT2D eigenvalue weighted by Crippen LogP contribution is -2.24. The van der Waals surface area contributed by atoms with Crippen molar-refractivity contribution < 1.29 is 9.18 Å². The number of hydrogen-bond donors (Lipinski definition) is 2. The molecule has 0 radical (unpaired) electrons. The number of aromatic nitrogens is 2. The molecule has 0 fully saturated rings. The summed E-state index contributed by atoms with van der Waals surface area (Å²) in [7, 11) is 0. The highest BCUT2D eigenvalue weighted by atomic mass is 127. The topological polar surface area (TPSA) is 66.9 Å². The first-order chi connectivity index (χ1) is 12.1. The first-order valence-corrected chi connectivity index (χ1v) is 8.55. The Morgan fingerprint density at radius 1 is 1.12 bits per heavy atom. The fraction of sp³-hybridized carbons (Fsp3) is 0.0556. The molecule has 0 bridgehead atoms. The van der Waals surface area contributed by atoms with Crippen LogP contribution in [-0.4, -0.2) is 15.9 Å². The average Bonchev–Trinajstić information content (AvgIpc) is 2.63. The van der Waals surface area contributed by atoms with Crippen molar-refractivity contribution in [3.8, 4) is 0 Å². The molecule has 0 saturated carbocycles. The van der Waals surface area contributed by atoms with E-state index < -0.39 is 5.82 Å². The molecule has 2 N–H and O–H groups in total. The van der Waals surface area contributed by atoms with Gasteiger partial charge < -0.3 is 10.6 Å². The van der Waals surface area contributed by atoms with Gasteiger partial charge in [0.05, 0.1) is 35.4 Å². The molecule has 0 saturated heterocycles. The second kappa shape index (κ2) is 8.02. The molecule has 3 rings (SSSR count). The van der Waals surface area contributed by atoms with Crippen LogP contribution >= 0.6 is 22.6 Å². The fourth-order valence-corrected chi connectivity index (χ4v) is 2.65. The summed E-state index contributed by atoms with van der Waals surface area (Å²) in [6.45, 7) is 0.305. The smallest absolute Gasteiger partial charge is 0.253 e. The fourth-order valence-electron chi connectivity index (χ4n) is 2.20. The van der Waals surface area contributed by atoms with Crippen LogP contribution in [0, 0.1) is 9.39 Å². The molecule has 0 spiro atoms. The van der Waals surface area contributed by atoms with Crippen molar-refractivity contribution in [3.05, 3.63) is 81.7 Å². The minimum Gasteiger partial charge on any atom is -0.351 e. The van der Waals surface area contributed by atoms with Crippen LogP contribution in [0.1, 0.15) is 16.1 Å². The Bertz CT molecular complexity index is 889. The standard InChI is InChI=1S/C18H14FIN4O/c19-15-9-12(20)4-5-16(15)24-17-11-21-8-6-14(17)18(25)23-10-13-3-1-2-7-22-13/h1-9,11,24H,10H2,(H,23,25). The maximum atomic E-state index is 14.0. The minimum absolute atomic E-state index is 0.284. The van der Waals surface area contributed by atoms with E-state index in [-0.39, 0.29) is 11.6 Å². The van der Waals surface area contributed by atoms with Crippen LogP contribution in [0.25, 0.3) is 0 Å². The first kappa shape index (κ1) is 17.3. The van der Waals surface area contributed by atoms with Gasteiger partial charge in [0.25, 0.3) is 5.91 Å². The number of rotatable bonds is 5. The largest absolute Gasteiger partial charge is 0.351 e. The summed E-state index contributed by atoms with van der Waals surface area (Å²) in [5, 5.41) is 5.73. The zero-order chi connectivity index (χ0) is 17.6. The van der Waals surface area contributed by atoms with Crippen LogP contribution in [-0.2, 0) is 6.54 Å². The molecule has 0 aliphatic rings. The Labute approximate surface area is 157 Å². The van der Waals surface area contributed by atoms with Crippen LogP contribution in [0.3, 0.4) is 0 Å². The molecule has 0 unspecified atom stereocenters. The van der Waals surface area contributed by atoms with Gasteiger partial charge in [0.2, 0.25) is 0 Å². The van der Waals surface area contributed by atoms with Gasteiger partial charge in [-0.05, 0) is 59.0 Å². The van der Waals surface area contributed by atoms with Crippen LogP contribution < -0.4 is 10.6 Å². The molecule has 7 heteroatoms. The van der Waals surface area contributed by atoms with Gasteiger partial charge in [-0.1, -0.05) is 6.07 Å². The van der Waals surface area contributed by atoms with Gasteiger partial charge in [-0.25, -0.2) is 4.39 Å². The van der Waals surface area contributed by atoms with Crippen LogP contribution in [0.15, 0.2) is 61.1 Å². The lowest BCUT2D eigenvalue weighted by molar-refractivity contribution is 0.0951. The monoisotopic (exact) mass is 448 g/mol. The van der Waals surface area contributed by atoms with Crippen molar-refractivity contribution >= 4 is 39.9 Å². The SMILES string of the molecule is O=C(NCc1ccccn1)c1ccncc1Nc1ccc(I)cc1F. The number of carbonyl (C=O) groups is 1. The zero-order valence-corrected chi connectivity index (χ0v) is 15.2. The first-order valence-electron chi connectivity index (χ1n) is 7.47. The summed E-state index contributed by atoms with van der Waals surface area (Å²) >= 11 is 2.04. The number of carbonyl (C=O) groups excluding carboxylic acids is 1. The summed E-state index contributed by atoms with van der Waals surface area (Å²) in [5.74, 6) is -0.683. The van der Waals surface area contributed by atoms with E-state index in [0.717, 1.165) is 9.26 Å². The van der Waals surface area contributed by atoms with E-state index in [1.54, 1.807) is 24.4 Å². The van der Waals surface area contributed by atoms with Gasteiger partial charge >= 0.3 is 0 Å². The average molecular weight is 448 g/mol. The van der Waals surface area contributed by atoms with Gasteiger partial charge in [-0.2, -0.15) is 0 Å². The second-order valence-corrected chi connectivity index (χ2v) is 6.42. The Balaban J connectivity index is 1.77.